The highest BCUT2D eigenvalue weighted by molar-refractivity contribution is 5.96. The summed E-state index contributed by atoms with van der Waals surface area (Å²) in [6, 6.07) is 7.48. The first-order valence-electron chi connectivity index (χ1n) is 9.32. The van der Waals surface area contributed by atoms with E-state index in [-0.39, 0.29) is 5.56 Å². The predicted octanol–water partition coefficient (Wildman–Crippen LogP) is 3.42. The Balaban J connectivity index is 1.72. The van der Waals surface area contributed by atoms with Gasteiger partial charge in [-0.15, -0.1) is 0 Å². The summed E-state index contributed by atoms with van der Waals surface area (Å²) in [6.07, 6.45) is 10.9. The molecular weight excluding hydrogens is 338 g/mol. The molecule has 5 nitrogen and oxygen atoms in total. The van der Waals surface area contributed by atoms with E-state index in [0.717, 1.165) is 71.0 Å². The van der Waals surface area contributed by atoms with Crippen molar-refractivity contribution in [2.75, 3.05) is 0 Å². The number of nitrogens with one attached hydrogen (secondary N) is 1. The summed E-state index contributed by atoms with van der Waals surface area (Å²) in [6.45, 7) is 0.504. The summed E-state index contributed by atoms with van der Waals surface area (Å²) < 4.78 is 1.86. The number of H-pyrrole nitrogens is 1. The Morgan fingerprint density at radius 1 is 1.19 bits per heavy atom. The van der Waals surface area contributed by atoms with Gasteiger partial charge in [0.2, 0.25) is 0 Å². The van der Waals surface area contributed by atoms with Crippen molar-refractivity contribution in [3.05, 3.63) is 80.8 Å². The van der Waals surface area contributed by atoms with Crippen LogP contribution in [0.4, 0.5) is 0 Å². The average molecular weight is 357 g/mol. The summed E-state index contributed by atoms with van der Waals surface area (Å²) in [7, 11) is 0. The number of carbonyl (C=O) groups is 1. The van der Waals surface area contributed by atoms with Gasteiger partial charge >= 0.3 is 0 Å². The third kappa shape index (κ3) is 2.58. The highest BCUT2D eigenvalue weighted by atomic mass is 16.1. The van der Waals surface area contributed by atoms with Gasteiger partial charge in [-0.25, -0.2) is 4.68 Å². The van der Waals surface area contributed by atoms with Crippen LogP contribution >= 0.6 is 0 Å². The molecule has 2 aromatic heterocycles. The molecule has 2 aliphatic rings. The van der Waals surface area contributed by atoms with Crippen molar-refractivity contribution in [1.29, 1.82) is 0 Å². The number of rotatable bonds is 4. The van der Waals surface area contributed by atoms with Crippen LogP contribution in [0.2, 0.25) is 0 Å². The van der Waals surface area contributed by atoms with Crippen LogP contribution in [-0.2, 0) is 19.4 Å². The second-order valence-electron chi connectivity index (χ2n) is 7.19. The zero-order valence-corrected chi connectivity index (χ0v) is 14.9. The zero-order chi connectivity index (χ0) is 18.4. The van der Waals surface area contributed by atoms with E-state index in [1.165, 1.54) is 0 Å². The minimum absolute atomic E-state index is 0.00433. The summed E-state index contributed by atoms with van der Waals surface area (Å²) in [4.78, 5) is 26.8. The Morgan fingerprint density at radius 3 is 2.74 bits per heavy atom. The average Bonchev–Trinajstić information content (AvgIpc) is 2.98. The van der Waals surface area contributed by atoms with E-state index in [4.69, 9.17) is 5.10 Å². The Hall–Kier alpha value is -3.21. The molecule has 0 radical (unpaired) electrons. The van der Waals surface area contributed by atoms with Crippen molar-refractivity contribution >= 4 is 22.9 Å². The molecular formula is C22H19N3O2. The highest BCUT2D eigenvalue weighted by Crippen LogP contribution is 2.33. The molecule has 0 saturated heterocycles. The summed E-state index contributed by atoms with van der Waals surface area (Å²) >= 11 is 0. The monoisotopic (exact) mass is 357 g/mol. The number of pyridine rings is 1. The van der Waals surface area contributed by atoms with Crippen LogP contribution in [0.15, 0.2) is 47.3 Å². The molecule has 0 spiro atoms. The maximum atomic E-state index is 12.7. The van der Waals surface area contributed by atoms with Crippen molar-refractivity contribution in [2.45, 2.75) is 32.2 Å². The largest absolute Gasteiger partial charge is 0.307 e. The molecule has 0 bridgehead atoms. The molecule has 0 fully saturated rings. The number of benzene rings is 1. The maximum absolute atomic E-state index is 12.7. The van der Waals surface area contributed by atoms with E-state index >= 15 is 0 Å². The third-order valence-electron chi connectivity index (χ3n) is 5.47. The van der Waals surface area contributed by atoms with Gasteiger partial charge in [0.25, 0.3) is 5.56 Å². The van der Waals surface area contributed by atoms with Gasteiger partial charge in [-0.1, -0.05) is 36.4 Å². The number of hydrogen-bond donors (Lipinski definition) is 1. The SMILES string of the molecule is O=Cc1cccc(Cn2nc(C3=CC=C3)c3c4c(c(=O)[nH]c32)CCCC4)c1. The molecule has 1 N–H and O–H groups in total. The van der Waals surface area contributed by atoms with E-state index in [9.17, 15) is 9.59 Å². The van der Waals surface area contributed by atoms with E-state index in [1.807, 2.05) is 29.0 Å². The van der Waals surface area contributed by atoms with Crippen molar-refractivity contribution in [3.63, 3.8) is 0 Å². The molecule has 0 unspecified atom stereocenters. The lowest BCUT2D eigenvalue weighted by Crippen LogP contribution is -2.20. The molecule has 2 heterocycles. The van der Waals surface area contributed by atoms with Crippen LogP contribution in [0, 0.1) is 0 Å². The first kappa shape index (κ1) is 16.0. The van der Waals surface area contributed by atoms with E-state index in [0.29, 0.717) is 12.1 Å². The molecule has 2 aliphatic carbocycles. The highest BCUT2D eigenvalue weighted by Gasteiger charge is 2.24. The van der Waals surface area contributed by atoms with Crippen LogP contribution in [0.1, 0.15) is 45.6 Å². The number of carbonyl (C=O) groups excluding carboxylic acids is 1. The molecule has 0 atom stereocenters. The van der Waals surface area contributed by atoms with Gasteiger partial charge in [-0.3, -0.25) is 9.59 Å². The lowest BCUT2D eigenvalue weighted by molar-refractivity contribution is 0.112. The summed E-state index contributed by atoms with van der Waals surface area (Å²) in [5, 5.41) is 5.93. The first-order valence-corrected chi connectivity index (χ1v) is 9.32. The molecule has 0 saturated carbocycles. The molecule has 5 heteroatoms. The third-order valence-corrected chi connectivity index (χ3v) is 5.47. The molecule has 27 heavy (non-hydrogen) atoms. The van der Waals surface area contributed by atoms with Gasteiger partial charge < -0.3 is 4.98 Å². The van der Waals surface area contributed by atoms with Crippen LogP contribution in [0.5, 0.6) is 0 Å². The standard InChI is InChI=1S/C22H19N3O2/c26-13-15-6-3-5-14(11-15)12-25-21-19(20(24-25)16-7-4-8-16)17-9-1-2-10-18(17)22(27)23-21/h3-8,11,13H,1-2,9-10,12H2,(H,23,27). The van der Waals surface area contributed by atoms with Gasteiger partial charge in [0.15, 0.2) is 0 Å². The van der Waals surface area contributed by atoms with Crippen molar-refractivity contribution in [1.82, 2.24) is 14.8 Å². The first-order chi connectivity index (χ1) is 13.2. The van der Waals surface area contributed by atoms with Gasteiger partial charge in [0.1, 0.15) is 17.6 Å². The number of allylic oxidation sites excluding steroid dienone is 4. The lowest BCUT2D eigenvalue weighted by Gasteiger charge is -2.16. The molecule has 0 amide bonds. The smallest absolute Gasteiger partial charge is 0.253 e. The van der Waals surface area contributed by atoms with Crippen LogP contribution < -0.4 is 5.56 Å². The topological polar surface area (TPSA) is 67.8 Å². The number of aromatic amines is 1. The number of aldehydes is 1. The number of hydrogen-bond acceptors (Lipinski definition) is 3. The van der Waals surface area contributed by atoms with Crippen LogP contribution in [-0.4, -0.2) is 21.1 Å². The van der Waals surface area contributed by atoms with Crippen LogP contribution in [0.3, 0.4) is 0 Å². The second-order valence-corrected chi connectivity index (χ2v) is 7.19. The fraction of sp³-hybridized carbons (Fsp3) is 0.227. The Labute approximate surface area is 156 Å². The van der Waals surface area contributed by atoms with E-state index in [1.54, 1.807) is 6.07 Å². The normalized spacial score (nSPS) is 15.3. The number of aromatic nitrogens is 3. The van der Waals surface area contributed by atoms with Gasteiger partial charge in [0, 0.05) is 22.1 Å². The number of aryl methyl sites for hydroxylation is 1. The van der Waals surface area contributed by atoms with Crippen molar-refractivity contribution in [3.8, 4) is 0 Å². The number of fused-ring (bicyclic) bond motifs is 3. The van der Waals surface area contributed by atoms with Gasteiger partial charge in [0.05, 0.1) is 6.54 Å². The fourth-order valence-corrected chi connectivity index (χ4v) is 4.09. The quantitative estimate of drug-likeness (QED) is 0.728. The minimum Gasteiger partial charge on any atom is -0.307 e. The van der Waals surface area contributed by atoms with Crippen molar-refractivity contribution in [2.24, 2.45) is 0 Å². The molecule has 5 rings (SSSR count). The molecule has 1 aromatic carbocycles. The zero-order valence-electron chi connectivity index (χ0n) is 14.9. The fourth-order valence-electron chi connectivity index (χ4n) is 4.09. The lowest BCUT2D eigenvalue weighted by atomic mass is 9.89. The van der Waals surface area contributed by atoms with Crippen molar-refractivity contribution < 1.29 is 4.79 Å². The second kappa shape index (κ2) is 6.20. The Kier molecular flexibility index (Phi) is 3.67. The van der Waals surface area contributed by atoms with E-state index < -0.39 is 0 Å². The Morgan fingerprint density at radius 2 is 2.00 bits per heavy atom. The molecule has 0 aliphatic heterocycles. The van der Waals surface area contributed by atoms with Gasteiger partial charge in [-0.05, 0) is 42.9 Å². The molecule has 3 aromatic rings. The van der Waals surface area contributed by atoms with Crippen LogP contribution in [0.25, 0.3) is 16.6 Å². The molecule has 134 valence electrons. The minimum atomic E-state index is 0.00433. The van der Waals surface area contributed by atoms with E-state index in [2.05, 4.69) is 17.1 Å². The maximum Gasteiger partial charge on any atom is 0.253 e. The van der Waals surface area contributed by atoms with Gasteiger partial charge in [-0.2, -0.15) is 5.10 Å². The number of nitrogens with zero attached hydrogens (tertiary/aromatic N) is 2. The summed E-state index contributed by atoms with van der Waals surface area (Å²) in [5.74, 6) is 0. The Bertz CT molecular complexity index is 1190. The predicted molar refractivity (Wildman–Crippen MR) is 105 cm³/mol. The summed E-state index contributed by atoms with van der Waals surface area (Å²) in [5.41, 5.74) is 6.50.